The zero-order valence-electron chi connectivity index (χ0n) is 26.5. The van der Waals surface area contributed by atoms with E-state index in [0.29, 0.717) is 81.6 Å². The van der Waals surface area contributed by atoms with Crippen LogP contribution >= 0.6 is 0 Å². The Morgan fingerprint density at radius 1 is 0.511 bits per heavy atom. The third kappa shape index (κ3) is 6.82. The normalized spacial score (nSPS) is 12.6. The van der Waals surface area contributed by atoms with Gasteiger partial charge in [0.05, 0.1) is 11.4 Å². The van der Waals surface area contributed by atoms with E-state index in [2.05, 4.69) is 23.4 Å². The van der Waals surface area contributed by atoms with Crippen LogP contribution in [0.3, 0.4) is 0 Å². The number of aryl methyl sites for hydroxylation is 1. The first-order valence-corrected chi connectivity index (χ1v) is 15.7. The topological polar surface area (TPSA) is 106 Å². The Bertz CT molecular complexity index is 1910. The summed E-state index contributed by atoms with van der Waals surface area (Å²) in [7, 11) is 0. The van der Waals surface area contributed by atoms with E-state index in [1.165, 1.54) is 0 Å². The molecule has 0 saturated heterocycles. The number of hydrogen-bond acceptors (Lipinski definition) is 6. The van der Waals surface area contributed by atoms with Crippen LogP contribution in [0, 0.1) is 6.92 Å². The summed E-state index contributed by atoms with van der Waals surface area (Å²) in [5.74, 6) is 0.425. The summed E-state index contributed by atoms with van der Waals surface area (Å²) in [5, 5.41) is 55.3. The lowest BCUT2D eigenvalue weighted by Gasteiger charge is -2.19. The molecular formula is C41H38N2O4. The van der Waals surface area contributed by atoms with Gasteiger partial charge in [-0.15, -0.1) is 13.2 Å². The maximum atomic E-state index is 11.7. The SMILES string of the molecule is C=CCc1cc2c(O)c(c1)Cc1cc(N=Nc3ccc(C)cc3)cc(c1O)Cc1cc(CC=C)cc(c1O)Cc1cccc(c1O)C2. The number of rotatable bonds is 6. The highest BCUT2D eigenvalue weighted by molar-refractivity contribution is 5.59. The highest BCUT2D eigenvalue weighted by Gasteiger charge is 2.21. The molecule has 1 aliphatic carbocycles. The standard InChI is InChI=1S/C41H38N2O4/c1-4-7-26-15-30-19-28-9-6-10-29(38(28)44)20-31-16-27(8-5-2)18-33(40(31)46)22-35-24-37(43-42-36-13-11-25(3)12-14-36)23-34(41(35)47)21-32(17-26)39(30)45/h4-6,9-18,23-24,44-47H,1-2,7-8,19-22H2,3H3. The molecule has 236 valence electrons. The second kappa shape index (κ2) is 13.4. The number of azo groups is 1. The van der Waals surface area contributed by atoms with Gasteiger partial charge in [-0.2, -0.15) is 10.2 Å². The van der Waals surface area contributed by atoms with Crippen LogP contribution in [0.5, 0.6) is 23.0 Å². The summed E-state index contributed by atoms with van der Waals surface area (Å²) in [6.07, 6.45) is 5.83. The van der Waals surface area contributed by atoms with Gasteiger partial charge in [-0.25, -0.2) is 0 Å². The van der Waals surface area contributed by atoms with E-state index in [1.54, 1.807) is 12.1 Å². The predicted octanol–water partition coefficient (Wildman–Crippen LogP) is 9.37. The monoisotopic (exact) mass is 622 g/mol. The first-order chi connectivity index (χ1) is 22.7. The molecule has 0 amide bonds. The number of benzene rings is 5. The third-order valence-electron chi connectivity index (χ3n) is 8.71. The molecule has 0 aromatic heterocycles. The molecule has 47 heavy (non-hydrogen) atoms. The first kappa shape index (κ1) is 31.4. The zero-order chi connectivity index (χ0) is 33.1. The Balaban J connectivity index is 1.57. The van der Waals surface area contributed by atoms with Crippen molar-refractivity contribution in [2.75, 3.05) is 0 Å². The van der Waals surface area contributed by atoms with Crippen molar-refractivity contribution >= 4 is 11.4 Å². The van der Waals surface area contributed by atoms with E-state index in [-0.39, 0.29) is 35.8 Å². The average Bonchev–Trinajstić information content (AvgIpc) is 3.05. The zero-order valence-corrected chi connectivity index (χ0v) is 26.5. The molecule has 0 unspecified atom stereocenters. The van der Waals surface area contributed by atoms with Crippen LogP contribution in [-0.2, 0) is 38.5 Å². The molecule has 0 aliphatic heterocycles. The van der Waals surface area contributed by atoms with Gasteiger partial charge >= 0.3 is 0 Å². The van der Waals surface area contributed by atoms with Gasteiger partial charge in [-0.3, -0.25) is 0 Å². The van der Waals surface area contributed by atoms with Crippen LogP contribution in [0.25, 0.3) is 0 Å². The van der Waals surface area contributed by atoms with Crippen LogP contribution < -0.4 is 0 Å². The van der Waals surface area contributed by atoms with Gasteiger partial charge in [0, 0.05) is 36.8 Å². The number of aromatic hydroxyl groups is 4. The van der Waals surface area contributed by atoms with Crippen molar-refractivity contribution < 1.29 is 20.4 Å². The van der Waals surface area contributed by atoms with E-state index in [4.69, 9.17) is 0 Å². The predicted molar refractivity (Wildman–Crippen MR) is 187 cm³/mol. The minimum Gasteiger partial charge on any atom is -0.507 e. The van der Waals surface area contributed by atoms with E-state index < -0.39 is 0 Å². The summed E-state index contributed by atoms with van der Waals surface area (Å²) >= 11 is 0. The minimum atomic E-state index is 0.0689. The number of hydrogen-bond donors (Lipinski definition) is 4. The largest absolute Gasteiger partial charge is 0.507 e. The van der Waals surface area contributed by atoms with Gasteiger partial charge in [0.15, 0.2) is 0 Å². The molecule has 0 radical (unpaired) electrons. The van der Waals surface area contributed by atoms with Crippen LogP contribution in [0.2, 0.25) is 0 Å². The Kier molecular flexibility index (Phi) is 8.94. The molecule has 4 N–H and O–H groups in total. The number of phenols is 4. The Morgan fingerprint density at radius 2 is 0.872 bits per heavy atom. The van der Waals surface area contributed by atoms with Crippen LogP contribution in [0.4, 0.5) is 11.4 Å². The van der Waals surface area contributed by atoms with E-state index >= 15 is 0 Å². The summed E-state index contributed by atoms with van der Waals surface area (Å²) in [5.41, 5.74) is 9.33. The van der Waals surface area contributed by atoms with Gasteiger partial charge in [-0.1, -0.05) is 72.3 Å². The van der Waals surface area contributed by atoms with E-state index in [1.807, 2.05) is 85.8 Å². The van der Waals surface area contributed by atoms with Crippen molar-refractivity contribution in [3.05, 3.63) is 165 Å². The fraction of sp³-hybridized carbons (Fsp3) is 0.171. The lowest BCUT2D eigenvalue weighted by Crippen LogP contribution is -2.02. The lowest BCUT2D eigenvalue weighted by atomic mass is 9.89. The smallest absolute Gasteiger partial charge is 0.122 e. The molecule has 5 aromatic rings. The van der Waals surface area contributed by atoms with Gasteiger partial charge in [0.1, 0.15) is 23.0 Å². The van der Waals surface area contributed by atoms with Crippen LogP contribution in [0.15, 0.2) is 114 Å². The van der Waals surface area contributed by atoms with Crippen molar-refractivity contribution in [1.29, 1.82) is 0 Å². The fourth-order valence-corrected chi connectivity index (χ4v) is 6.32. The molecule has 0 atom stereocenters. The molecule has 8 bridgehead atoms. The quantitative estimate of drug-likeness (QED) is 0.110. The minimum absolute atomic E-state index is 0.0689. The van der Waals surface area contributed by atoms with Gasteiger partial charge in [0.25, 0.3) is 0 Å². The molecule has 0 fully saturated rings. The van der Waals surface area contributed by atoms with Gasteiger partial charge in [0.2, 0.25) is 0 Å². The molecule has 6 rings (SSSR count). The Morgan fingerprint density at radius 3 is 1.30 bits per heavy atom. The van der Waals surface area contributed by atoms with Crippen molar-refractivity contribution in [2.45, 2.75) is 45.4 Å². The third-order valence-corrected chi connectivity index (χ3v) is 8.71. The van der Waals surface area contributed by atoms with Crippen molar-refractivity contribution in [2.24, 2.45) is 10.2 Å². The lowest BCUT2D eigenvalue weighted by molar-refractivity contribution is 0.450. The van der Waals surface area contributed by atoms with Crippen molar-refractivity contribution in [3.63, 3.8) is 0 Å². The highest BCUT2D eigenvalue weighted by atomic mass is 16.3. The van der Waals surface area contributed by atoms with Crippen molar-refractivity contribution in [3.8, 4) is 23.0 Å². The number of allylic oxidation sites excluding steroid dienone is 2. The molecule has 5 aromatic carbocycles. The Labute approximate surface area is 275 Å². The molecule has 6 heteroatoms. The molecule has 0 spiro atoms. The van der Waals surface area contributed by atoms with Gasteiger partial charge in [-0.05, 0) is 88.5 Å². The summed E-state index contributed by atoms with van der Waals surface area (Å²) < 4.78 is 0. The molecule has 1 aliphatic rings. The summed E-state index contributed by atoms with van der Waals surface area (Å²) in [4.78, 5) is 0. The Hall–Kier alpha value is -5.62. The molecule has 6 nitrogen and oxygen atoms in total. The summed E-state index contributed by atoms with van der Waals surface area (Å²) in [6, 6.07) is 24.6. The number of nitrogens with zero attached hydrogens (tertiary/aromatic N) is 2. The van der Waals surface area contributed by atoms with Crippen LogP contribution in [0.1, 0.15) is 61.2 Å². The fourth-order valence-electron chi connectivity index (χ4n) is 6.32. The number of para-hydroxylation sites is 1. The van der Waals surface area contributed by atoms with Crippen molar-refractivity contribution in [1.82, 2.24) is 0 Å². The first-order valence-electron chi connectivity index (χ1n) is 15.7. The number of fused-ring (bicyclic) bond motifs is 8. The highest BCUT2D eigenvalue weighted by Crippen LogP contribution is 2.40. The molecule has 0 saturated carbocycles. The number of phenolic OH excluding ortho intramolecular Hbond substituents is 4. The molecular weight excluding hydrogens is 584 g/mol. The van der Waals surface area contributed by atoms with Crippen LogP contribution in [-0.4, -0.2) is 20.4 Å². The van der Waals surface area contributed by atoms with E-state index in [9.17, 15) is 20.4 Å². The summed E-state index contributed by atoms with van der Waals surface area (Å²) in [6.45, 7) is 9.82. The maximum absolute atomic E-state index is 11.7. The van der Waals surface area contributed by atoms with E-state index in [0.717, 1.165) is 16.7 Å². The maximum Gasteiger partial charge on any atom is 0.122 e. The molecule has 0 heterocycles. The second-order valence-electron chi connectivity index (χ2n) is 12.3. The van der Waals surface area contributed by atoms with Gasteiger partial charge < -0.3 is 20.4 Å². The average molecular weight is 623 g/mol. The second-order valence-corrected chi connectivity index (χ2v) is 12.3.